The fourth-order valence-electron chi connectivity index (χ4n) is 5.26. The summed E-state index contributed by atoms with van der Waals surface area (Å²) in [5.41, 5.74) is 9.63. The highest BCUT2D eigenvalue weighted by Crippen LogP contribution is 2.44. The van der Waals surface area contributed by atoms with E-state index in [9.17, 15) is 23.1 Å². The number of carboxylic acids is 1. The second-order valence-electron chi connectivity index (χ2n) is 9.57. The van der Waals surface area contributed by atoms with E-state index in [4.69, 9.17) is 10.5 Å². The molecule has 5 rings (SSSR count). The lowest BCUT2D eigenvalue weighted by Gasteiger charge is -2.28. The van der Waals surface area contributed by atoms with E-state index in [1.54, 1.807) is 18.2 Å². The number of pyridine rings is 1. The van der Waals surface area contributed by atoms with Crippen molar-refractivity contribution in [3.05, 3.63) is 96.2 Å². The van der Waals surface area contributed by atoms with Gasteiger partial charge in [-0.15, -0.1) is 0 Å². The molecule has 3 N–H and O–H groups in total. The number of rotatable bonds is 10. The fraction of sp³-hybridized carbons (Fsp3) is 0.233. The molecule has 1 aliphatic carbocycles. The van der Waals surface area contributed by atoms with Gasteiger partial charge in [-0.05, 0) is 60.2 Å². The van der Waals surface area contributed by atoms with Crippen LogP contribution >= 0.6 is 0 Å². The number of aliphatic carboxylic acids is 1. The largest absolute Gasteiger partial charge is 0.480 e. The number of amides is 1. The first-order valence-electron chi connectivity index (χ1n) is 13.0. The van der Waals surface area contributed by atoms with Crippen molar-refractivity contribution >= 4 is 33.0 Å². The van der Waals surface area contributed by atoms with Gasteiger partial charge in [-0.25, -0.2) is 18.0 Å². The van der Waals surface area contributed by atoms with Crippen LogP contribution in [0.3, 0.4) is 0 Å². The van der Waals surface area contributed by atoms with Gasteiger partial charge in [-0.3, -0.25) is 4.98 Å². The summed E-state index contributed by atoms with van der Waals surface area (Å²) in [7, 11) is -4.69. The second kappa shape index (κ2) is 11.4. The zero-order chi connectivity index (χ0) is 28.3. The summed E-state index contributed by atoms with van der Waals surface area (Å²) in [6, 6.07) is 21.7. The highest BCUT2D eigenvalue weighted by atomic mass is 32.2. The van der Waals surface area contributed by atoms with E-state index >= 15 is 0 Å². The monoisotopic (exact) mass is 559 g/mol. The van der Waals surface area contributed by atoms with E-state index in [2.05, 4.69) is 4.98 Å². The van der Waals surface area contributed by atoms with Crippen molar-refractivity contribution in [2.45, 2.75) is 36.1 Å². The Balaban J connectivity index is 1.52. The lowest BCUT2D eigenvalue weighted by Crippen LogP contribution is -2.49. The van der Waals surface area contributed by atoms with Gasteiger partial charge in [0.2, 0.25) is 0 Å². The van der Waals surface area contributed by atoms with Gasteiger partial charge in [-0.1, -0.05) is 66.7 Å². The first-order valence-corrected chi connectivity index (χ1v) is 14.4. The quantitative estimate of drug-likeness (QED) is 0.265. The number of aromatic nitrogens is 1. The number of ether oxygens (including phenoxy) is 1. The van der Waals surface area contributed by atoms with Crippen molar-refractivity contribution in [3.8, 4) is 11.1 Å². The number of carbonyl (C=O) groups excluding carboxylic acids is 1. The number of hydrogen-bond acceptors (Lipinski definition) is 7. The summed E-state index contributed by atoms with van der Waals surface area (Å²) < 4.78 is 34.1. The van der Waals surface area contributed by atoms with Crippen LogP contribution in [0.1, 0.15) is 36.3 Å². The van der Waals surface area contributed by atoms with Gasteiger partial charge in [0.1, 0.15) is 17.5 Å². The van der Waals surface area contributed by atoms with Gasteiger partial charge in [0, 0.05) is 17.5 Å². The van der Waals surface area contributed by atoms with Crippen molar-refractivity contribution in [2.75, 3.05) is 13.2 Å². The molecule has 1 amide bonds. The van der Waals surface area contributed by atoms with Crippen molar-refractivity contribution in [1.29, 1.82) is 0 Å². The van der Waals surface area contributed by atoms with E-state index in [1.165, 1.54) is 18.3 Å². The molecule has 0 bridgehead atoms. The van der Waals surface area contributed by atoms with Crippen molar-refractivity contribution in [3.63, 3.8) is 0 Å². The number of unbranched alkanes of at least 4 members (excludes halogenated alkanes) is 1. The van der Waals surface area contributed by atoms with Crippen molar-refractivity contribution < 1.29 is 27.9 Å². The third kappa shape index (κ3) is 5.03. The van der Waals surface area contributed by atoms with Crippen molar-refractivity contribution in [2.24, 2.45) is 5.73 Å². The van der Waals surface area contributed by atoms with Crippen LogP contribution in [-0.2, 0) is 19.6 Å². The van der Waals surface area contributed by atoms with Gasteiger partial charge >= 0.3 is 12.1 Å². The van der Waals surface area contributed by atoms with Crippen molar-refractivity contribution in [1.82, 2.24) is 9.29 Å². The average molecular weight is 560 g/mol. The number of nitrogens with two attached hydrogens (primary N) is 1. The molecule has 0 radical (unpaired) electrons. The minimum atomic E-state index is -4.69. The Morgan fingerprint density at radius 1 is 0.925 bits per heavy atom. The molecule has 1 atom stereocenters. The van der Waals surface area contributed by atoms with Crippen LogP contribution < -0.4 is 5.73 Å². The third-order valence-corrected chi connectivity index (χ3v) is 8.96. The van der Waals surface area contributed by atoms with Gasteiger partial charge < -0.3 is 15.6 Å². The lowest BCUT2D eigenvalue weighted by atomic mass is 9.98. The summed E-state index contributed by atoms with van der Waals surface area (Å²) in [5.74, 6) is -1.79. The molecule has 1 aliphatic rings. The molecule has 10 heteroatoms. The number of sulfonamides is 1. The van der Waals surface area contributed by atoms with E-state index in [-0.39, 0.29) is 29.4 Å². The van der Waals surface area contributed by atoms with Crippen LogP contribution in [0.2, 0.25) is 0 Å². The van der Waals surface area contributed by atoms with Gasteiger partial charge in [-0.2, -0.15) is 4.31 Å². The Kier molecular flexibility index (Phi) is 7.81. The Labute approximate surface area is 232 Å². The topological polar surface area (TPSA) is 140 Å². The number of nitrogens with zero attached hydrogens (tertiary/aromatic N) is 2. The molecule has 40 heavy (non-hydrogen) atoms. The van der Waals surface area contributed by atoms with Gasteiger partial charge in [0.15, 0.2) is 0 Å². The standard InChI is InChI=1S/C30H29N3O6S/c31-17-6-5-15-26(29(34)35)33(40(37,38)27-16-7-9-20-10-8-18-32-28(20)27)30(36)39-19-25-23-13-3-1-11-21(23)22-12-2-4-14-24(22)25/h1-4,7-14,16,18,25-26H,5-6,15,17,19,31H2,(H,34,35)/t26-/m0/s1. The van der Waals surface area contributed by atoms with Crippen LogP contribution in [0.5, 0.6) is 0 Å². The molecule has 0 spiro atoms. The van der Waals surface area contributed by atoms with E-state index < -0.39 is 28.1 Å². The molecule has 0 aliphatic heterocycles. The lowest BCUT2D eigenvalue weighted by molar-refractivity contribution is -0.141. The van der Waals surface area contributed by atoms with Crippen LogP contribution in [0.15, 0.2) is 90.0 Å². The van der Waals surface area contributed by atoms with E-state index in [0.29, 0.717) is 29.1 Å². The zero-order valence-corrected chi connectivity index (χ0v) is 22.5. The minimum absolute atomic E-state index is 0.117. The van der Waals surface area contributed by atoms with Crippen LogP contribution in [0.4, 0.5) is 4.79 Å². The van der Waals surface area contributed by atoms with E-state index in [1.807, 2.05) is 48.5 Å². The number of carbonyl (C=O) groups is 2. The number of fused-ring (bicyclic) bond motifs is 4. The maximum Gasteiger partial charge on any atom is 0.424 e. The maximum absolute atomic E-state index is 14.1. The molecule has 9 nitrogen and oxygen atoms in total. The first kappa shape index (κ1) is 27.3. The number of hydrogen-bond donors (Lipinski definition) is 2. The summed E-state index contributed by atoms with van der Waals surface area (Å²) in [4.78, 5) is 30.0. The molecule has 0 unspecified atom stereocenters. The molecule has 4 aromatic rings. The SMILES string of the molecule is NCCCC[C@@H](C(=O)O)N(C(=O)OCC1c2ccccc2-c2ccccc21)S(=O)(=O)c1cccc2cccnc12. The molecule has 3 aromatic carbocycles. The minimum Gasteiger partial charge on any atom is -0.480 e. The van der Waals surface area contributed by atoms with Gasteiger partial charge in [0.05, 0.1) is 5.52 Å². The average Bonchev–Trinajstić information content (AvgIpc) is 3.28. The Bertz CT molecular complexity index is 1620. The Morgan fingerprint density at radius 2 is 1.57 bits per heavy atom. The molecular formula is C30H29N3O6S. The number of benzene rings is 3. The van der Waals surface area contributed by atoms with Gasteiger partial charge in [0.25, 0.3) is 10.0 Å². The zero-order valence-electron chi connectivity index (χ0n) is 21.6. The molecule has 206 valence electrons. The molecule has 1 aromatic heterocycles. The van der Waals surface area contributed by atoms with E-state index in [0.717, 1.165) is 22.3 Å². The first-order chi connectivity index (χ1) is 19.3. The predicted octanol–water partition coefficient (Wildman–Crippen LogP) is 4.76. The summed E-state index contributed by atoms with van der Waals surface area (Å²) in [6.07, 6.45) is 0.848. The molecule has 0 saturated carbocycles. The summed E-state index contributed by atoms with van der Waals surface area (Å²) >= 11 is 0. The highest BCUT2D eigenvalue weighted by molar-refractivity contribution is 7.90. The van der Waals surface area contributed by atoms with Crippen LogP contribution in [-0.4, -0.2) is 54.1 Å². The Hall–Kier alpha value is -4.28. The molecule has 1 heterocycles. The maximum atomic E-state index is 14.1. The molecule has 0 fully saturated rings. The third-order valence-electron chi connectivity index (χ3n) is 7.15. The van der Waals surface area contributed by atoms with Crippen LogP contribution in [0.25, 0.3) is 22.0 Å². The normalized spacial score (nSPS) is 13.4. The molecular weight excluding hydrogens is 530 g/mol. The number of para-hydroxylation sites is 1. The number of carboxylic acid groups (broad SMARTS) is 1. The second-order valence-corrected chi connectivity index (χ2v) is 11.4. The molecule has 0 saturated heterocycles. The highest BCUT2D eigenvalue weighted by Gasteiger charge is 2.42. The summed E-state index contributed by atoms with van der Waals surface area (Å²) in [6.45, 7) is 0.138. The van der Waals surface area contributed by atoms with Crippen LogP contribution in [0, 0.1) is 0 Å². The Morgan fingerprint density at radius 3 is 2.23 bits per heavy atom. The fourth-order valence-corrected chi connectivity index (χ4v) is 6.92. The predicted molar refractivity (Wildman–Crippen MR) is 150 cm³/mol. The summed E-state index contributed by atoms with van der Waals surface area (Å²) in [5, 5.41) is 10.6. The smallest absolute Gasteiger partial charge is 0.424 e.